The van der Waals surface area contributed by atoms with E-state index < -0.39 is 0 Å². The summed E-state index contributed by atoms with van der Waals surface area (Å²) in [6.07, 6.45) is 8.94. The van der Waals surface area contributed by atoms with Crippen molar-refractivity contribution in [3.05, 3.63) is 18.2 Å². The van der Waals surface area contributed by atoms with E-state index in [-0.39, 0.29) is 0 Å². The minimum Gasteiger partial charge on any atom is -0.381 e. The number of nitrogens with zero attached hydrogens (tertiary/aromatic N) is 2. The maximum atomic E-state index is 5.41. The Morgan fingerprint density at radius 3 is 3.00 bits per heavy atom. The van der Waals surface area contributed by atoms with Crippen LogP contribution < -0.4 is 5.32 Å². The molecule has 94 valence electrons. The Morgan fingerprint density at radius 2 is 2.24 bits per heavy atom. The Labute approximate surface area is 102 Å². The molecule has 2 aliphatic rings. The van der Waals surface area contributed by atoms with E-state index in [1.807, 2.05) is 12.5 Å². The van der Waals surface area contributed by atoms with Crippen molar-refractivity contribution in [1.82, 2.24) is 14.9 Å². The van der Waals surface area contributed by atoms with Crippen molar-refractivity contribution in [2.75, 3.05) is 19.8 Å². The topological polar surface area (TPSA) is 39.1 Å². The fourth-order valence-electron chi connectivity index (χ4n) is 2.92. The number of imidazole rings is 1. The Morgan fingerprint density at radius 1 is 1.35 bits per heavy atom. The summed E-state index contributed by atoms with van der Waals surface area (Å²) in [6.45, 7) is 4.11. The number of aromatic nitrogens is 2. The molecule has 1 aromatic rings. The van der Waals surface area contributed by atoms with E-state index in [9.17, 15) is 0 Å². The Hall–Kier alpha value is -0.870. The van der Waals surface area contributed by atoms with Crippen molar-refractivity contribution < 1.29 is 4.74 Å². The van der Waals surface area contributed by atoms with Gasteiger partial charge in [-0.1, -0.05) is 0 Å². The van der Waals surface area contributed by atoms with Crippen molar-refractivity contribution in [3.8, 4) is 0 Å². The molecule has 2 fully saturated rings. The normalized spacial score (nSPS) is 26.5. The first-order valence-corrected chi connectivity index (χ1v) is 6.74. The summed E-state index contributed by atoms with van der Waals surface area (Å²) in [5.41, 5.74) is 1.37. The summed E-state index contributed by atoms with van der Waals surface area (Å²) in [5.74, 6) is 0.762. The zero-order chi connectivity index (χ0) is 11.5. The molecule has 0 unspecified atom stereocenters. The second-order valence-corrected chi connectivity index (χ2v) is 5.18. The van der Waals surface area contributed by atoms with Crippen LogP contribution in [0.1, 0.15) is 37.4 Å². The van der Waals surface area contributed by atoms with E-state index in [1.54, 1.807) is 0 Å². The third-order valence-electron chi connectivity index (χ3n) is 3.96. The van der Waals surface area contributed by atoms with Crippen LogP contribution in [0, 0.1) is 5.92 Å². The molecule has 1 atom stereocenters. The molecule has 0 aromatic carbocycles. The highest BCUT2D eigenvalue weighted by atomic mass is 16.5. The average molecular weight is 235 g/mol. The number of hydrogen-bond donors (Lipinski definition) is 1. The monoisotopic (exact) mass is 235 g/mol. The summed E-state index contributed by atoms with van der Waals surface area (Å²) in [7, 11) is 0. The summed E-state index contributed by atoms with van der Waals surface area (Å²) in [5, 5.41) is 3.55. The van der Waals surface area contributed by atoms with E-state index in [4.69, 9.17) is 4.74 Å². The Kier molecular flexibility index (Phi) is 3.43. The van der Waals surface area contributed by atoms with E-state index in [0.29, 0.717) is 6.04 Å². The van der Waals surface area contributed by atoms with Crippen LogP contribution in [0.2, 0.25) is 0 Å². The second kappa shape index (κ2) is 5.19. The minimum absolute atomic E-state index is 0.525. The number of ether oxygens (including phenoxy) is 1. The molecule has 4 nitrogen and oxygen atoms in total. The van der Waals surface area contributed by atoms with Gasteiger partial charge >= 0.3 is 0 Å². The molecule has 3 rings (SSSR count). The average Bonchev–Trinajstić information content (AvgIpc) is 3.00. The number of hydrogen-bond acceptors (Lipinski definition) is 3. The van der Waals surface area contributed by atoms with Gasteiger partial charge in [0, 0.05) is 32.0 Å². The van der Waals surface area contributed by atoms with Gasteiger partial charge in [-0.05, 0) is 38.1 Å². The van der Waals surface area contributed by atoms with Crippen molar-refractivity contribution in [1.29, 1.82) is 0 Å². The van der Waals surface area contributed by atoms with Crippen LogP contribution in [-0.4, -0.2) is 29.3 Å². The molecule has 2 saturated heterocycles. The molecule has 0 saturated carbocycles. The van der Waals surface area contributed by atoms with Crippen LogP contribution >= 0.6 is 0 Å². The van der Waals surface area contributed by atoms with Crippen LogP contribution in [-0.2, 0) is 11.3 Å². The summed E-state index contributed by atoms with van der Waals surface area (Å²) < 4.78 is 7.76. The quantitative estimate of drug-likeness (QED) is 0.867. The maximum absolute atomic E-state index is 5.41. The first-order valence-electron chi connectivity index (χ1n) is 6.74. The maximum Gasteiger partial charge on any atom is 0.0948 e. The molecule has 0 spiro atoms. The highest BCUT2D eigenvalue weighted by Crippen LogP contribution is 2.25. The molecule has 17 heavy (non-hydrogen) atoms. The summed E-state index contributed by atoms with van der Waals surface area (Å²) in [6, 6.07) is 0.525. The van der Waals surface area contributed by atoms with Crippen molar-refractivity contribution in [2.24, 2.45) is 5.92 Å². The van der Waals surface area contributed by atoms with Crippen LogP contribution in [0.4, 0.5) is 0 Å². The zero-order valence-electron chi connectivity index (χ0n) is 10.3. The standard InChI is InChI=1S/C13H21N3O/c1-2-12(15-5-1)13-8-14-10-16(13)9-11-3-6-17-7-4-11/h8,10-12,15H,1-7,9H2/t12-/m0/s1. The Balaban J connectivity index is 1.67. The second-order valence-electron chi connectivity index (χ2n) is 5.18. The van der Waals surface area contributed by atoms with Gasteiger partial charge in [-0.25, -0.2) is 4.98 Å². The molecule has 0 amide bonds. The van der Waals surface area contributed by atoms with Crippen molar-refractivity contribution in [2.45, 2.75) is 38.3 Å². The zero-order valence-corrected chi connectivity index (χ0v) is 10.3. The van der Waals surface area contributed by atoms with Gasteiger partial charge in [-0.2, -0.15) is 0 Å². The lowest BCUT2D eigenvalue weighted by atomic mass is 10.00. The molecule has 3 heterocycles. The third kappa shape index (κ3) is 2.53. The van der Waals surface area contributed by atoms with Crippen molar-refractivity contribution in [3.63, 3.8) is 0 Å². The van der Waals surface area contributed by atoms with Crippen LogP contribution in [0.15, 0.2) is 12.5 Å². The predicted molar refractivity (Wildman–Crippen MR) is 65.7 cm³/mol. The first-order chi connectivity index (χ1) is 8.43. The van der Waals surface area contributed by atoms with E-state index in [1.165, 1.54) is 31.4 Å². The van der Waals surface area contributed by atoms with Gasteiger partial charge in [-0.3, -0.25) is 0 Å². The summed E-state index contributed by atoms with van der Waals surface area (Å²) >= 11 is 0. The van der Waals surface area contributed by atoms with Crippen molar-refractivity contribution >= 4 is 0 Å². The molecule has 0 bridgehead atoms. The van der Waals surface area contributed by atoms with Gasteiger partial charge in [-0.15, -0.1) is 0 Å². The first kappa shape index (κ1) is 11.2. The SMILES string of the molecule is c1ncn(CC2CCOCC2)c1[C@@H]1CCCN1. The Bertz CT molecular complexity index is 351. The molecule has 0 radical (unpaired) electrons. The number of rotatable bonds is 3. The van der Waals surface area contributed by atoms with Crippen LogP contribution in [0.5, 0.6) is 0 Å². The minimum atomic E-state index is 0.525. The van der Waals surface area contributed by atoms with E-state index in [0.717, 1.165) is 32.2 Å². The van der Waals surface area contributed by atoms with Gasteiger partial charge < -0.3 is 14.6 Å². The molecule has 1 aromatic heterocycles. The smallest absolute Gasteiger partial charge is 0.0948 e. The highest BCUT2D eigenvalue weighted by molar-refractivity contribution is 5.07. The van der Waals surface area contributed by atoms with Gasteiger partial charge in [0.2, 0.25) is 0 Å². The molecular weight excluding hydrogens is 214 g/mol. The van der Waals surface area contributed by atoms with Gasteiger partial charge in [0.25, 0.3) is 0 Å². The van der Waals surface area contributed by atoms with Gasteiger partial charge in [0.1, 0.15) is 0 Å². The fraction of sp³-hybridized carbons (Fsp3) is 0.769. The summed E-state index contributed by atoms with van der Waals surface area (Å²) in [4.78, 5) is 4.32. The third-order valence-corrected chi connectivity index (χ3v) is 3.96. The molecule has 0 aliphatic carbocycles. The molecule has 4 heteroatoms. The van der Waals surface area contributed by atoms with Crippen LogP contribution in [0.25, 0.3) is 0 Å². The number of nitrogens with one attached hydrogen (secondary N) is 1. The van der Waals surface area contributed by atoms with Gasteiger partial charge in [0.05, 0.1) is 12.0 Å². The highest BCUT2D eigenvalue weighted by Gasteiger charge is 2.21. The van der Waals surface area contributed by atoms with E-state index >= 15 is 0 Å². The molecule has 1 N–H and O–H groups in total. The largest absolute Gasteiger partial charge is 0.381 e. The lowest BCUT2D eigenvalue weighted by Crippen LogP contribution is -2.23. The lowest BCUT2D eigenvalue weighted by molar-refractivity contribution is 0.0609. The van der Waals surface area contributed by atoms with E-state index in [2.05, 4.69) is 14.9 Å². The van der Waals surface area contributed by atoms with Gasteiger partial charge in [0.15, 0.2) is 0 Å². The van der Waals surface area contributed by atoms with Crippen LogP contribution in [0.3, 0.4) is 0 Å². The lowest BCUT2D eigenvalue weighted by Gasteiger charge is -2.24. The fourth-order valence-corrected chi connectivity index (χ4v) is 2.92. The molecular formula is C13H21N3O. The molecule has 2 aliphatic heterocycles. The predicted octanol–water partition coefficient (Wildman–Crippen LogP) is 1.73.